The molecule has 2 atom stereocenters. The van der Waals surface area contributed by atoms with E-state index in [4.69, 9.17) is 9.84 Å². The molecule has 0 bridgehead atoms. The molecule has 12 heavy (non-hydrogen) atoms. The first-order chi connectivity index (χ1) is 5.60. The second kappa shape index (κ2) is 3.73. The van der Waals surface area contributed by atoms with Gasteiger partial charge in [-0.15, -0.1) is 0 Å². The highest BCUT2D eigenvalue weighted by molar-refractivity contribution is 4.91. The van der Waals surface area contributed by atoms with Crippen LogP contribution in [0.5, 0.6) is 0 Å². The van der Waals surface area contributed by atoms with Gasteiger partial charge in [0.25, 0.3) is 0 Å². The van der Waals surface area contributed by atoms with Crippen LogP contribution in [0.1, 0.15) is 26.7 Å². The van der Waals surface area contributed by atoms with Crippen molar-refractivity contribution in [3.8, 4) is 0 Å². The first-order valence-corrected chi connectivity index (χ1v) is 4.52. The fourth-order valence-electron chi connectivity index (χ4n) is 1.54. The van der Waals surface area contributed by atoms with Gasteiger partial charge >= 0.3 is 0 Å². The number of hydrogen-bond donors (Lipinski definition) is 1. The molecule has 1 aliphatic rings. The molecular weight excluding hydrogens is 156 g/mol. The second-order valence-corrected chi connectivity index (χ2v) is 3.78. The fraction of sp³-hybridized carbons (Fsp3) is 1.00. The minimum atomic E-state index is -0.670. The first kappa shape index (κ1) is 9.96. The molecule has 1 radical (unpaired) electrons. The van der Waals surface area contributed by atoms with E-state index in [1.54, 1.807) is 6.92 Å². The normalized spacial score (nSPS) is 26.0. The third-order valence-corrected chi connectivity index (χ3v) is 2.72. The molecule has 0 aromatic carbocycles. The predicted octanol–water partition coefficient (Wildman–Crippen LogP) is 0.983. The maximum Gasteiger partial charge on any atom is 0.105 e. The smallest absolute Gasteiger partial charge is 0.105 e. The van der Waals surface area contributed by atoms with Gasteiger partial charge in [-0.2, -0.15) is 0 Å². The van der Waals surface area contributed by atoms with Crippen LogP contribution < -0.4 is 0 Å². The lowest BCUT2D eigenvalue weighted by Crippen LogP contribution is -2.51. The van der Waals surface area contributed by atoms with Crippen LogP contribution in [0.2, 0.25) is 0 Å². The summed E-state index contributed by atoms with van der Waals surface area (Å²) in [5.41, 5.74) is -0.184. The Morgan fingerprint density at radius 1 is 1.58 bits per heavy atom. The van der Waals surface area contributed by atoms with Gasteiger partial charge in [0.2, 0.25) is 0 Å². The Morgan fingerprint density at radius 2 is 2.17 bits per heavy atom. The average molecular weight is 173 g/mol. The molecule has 0 aromatic heterocycles. The van der Waals surface area contributed by atoms with Gasteiger partial charge in [-0.05, 0) is 13.3 Å². The molecule has 2 unspecified atom stereocenters. The van der Waals surface area contributed by atoms with Crippen LogP contribution in [-0.4, -0.2) is 30.5 Å². The average Bonchev–Trinajstić information content (AvgIpc) is 1.83. The van der Waals surface area contributed by atoms with Crippen molar-refractivity contribution in [3.05, 3.63) is 0 Å². The van der Waals surface area contributed by atoms with E-state index in [0.717, 1.165) is 6.42 Å². The molecule has 1 rings (SSSR count). The van der Waals surface area contributed by atoms with Gasteiger partial charge in [0, 0.05) is 11.8 Å². The zero-order valence-electron chi connectivity index (χ0n) is 7.75. The van der Waals surface area contributed by atoms with Gasteiger partial charge in [-0.25, -0.2) is 5.11 Å². The molecule has 1 heterocycles. The summed E-state index contributed by atoms with van der Waals surface area (Å²) in [6.45, 7) is 4.82. The van der Waals surface area contributed by atoms with Gasteiger partial charge in [0.1, 0.15) is 6.10 Å². The van der Waals surface area contributed by atoms with Gasteiger partial charge in [0.15, 0.2) is 0 Å². The van der Waals surface area contributed by atoms with E-state index in [2.05, 4.69) is 0 Å². The molecule has 0 spiro atoms. The van der Waals surface area contributed by atoms with Crippen LogP contribution >= 0.6 is 0 Å². The van der Waals surface area contributed by atoms with Crippen LogP contribution in [0.4, 0.5) is 0 Å². The van der Waals surface area contributed by atoms with Gasteiger partial charge < -0.3 is 9.84 Å². The van der Waals surface area contributed by atoms with E-state index >= 15 is 0 Å². The Balaban J connectivity index is 2.43. The molecule has 1 fully saturated rings. The van der Waals surface area contributed by atoms with Crippen molar-refractivity contribution < 1.29 is 14.9 Å². The summed E-state index contributed by atoms with van der Waals surface area (Å²) in [4.78, 5) is 0. The van der Waals surface area contributed by atoms with Crippen molar-refractivity contribution in [1.29, 1.82) is 0 Å². The molecule has 1 aliphatic heterocycles. The zero-order valence-corrected chi connectivity index (χ0v) is 7.75. The largest absolute Gasteiger partial charge is 0.393 e. The van der Waals surface area contributed by atoms with Crippen LogP contribution in [0.3, 0.4) is 0 Å². The fourth-order valence-corrected chi connectivity index (χ4v) is 1.54. The maximum atomic E-state index is 11.6. The van der Waals surface area contributed by atoms with Crippen molar-refractivity contribution >= 4 is 0 Å². The second-order valence-electron chi connectivity index (χ2n) is 3.78. The van der Waals surface area contributed by atoms with Crippen molar-refractivity contribution in [2.24, 2.45) is 5.41 Å². The number of ether oxygens (including phenoxy) is 1. The SMILES string of the molecule is CCC1(C([O])CC(C)O)COC1. The lowest BCUT2D eigenvalue weighted by molar-refractivity contribution is -0.196. The number of hydrogen-bond acceptors (Lipinski definition) is 2. The summed E-state index contributed by atoms with van der Waals surface area (Å²) in [5.74, 6) is 0. The molecule has 0 saturated carbocycles. The number of aliphatic hydroxyl groups excluding tert-OH is 1. The summed E-state index contributed by atoms with van der Waals surface area (Å²) >= 11 is 0. The molecule has 3 nitrogen and oxygen atoms in total. The van der Waals surface area contributed by atoms with Gasteiger partial charge in [0.05, 0.1) is 19.3 Å². The summed E-state index contributed by atoms with van der Waals surface area (Å²) in [5, 5.41) is 20.7. The monoisotopic (exact) mass is 173 g/mol. The molecular formula is C9H17O3. The standard InChI is InChI=1S/C9H17O3/c1-3-9(5-12-6-9)8(11)4-7(2)10/h7-8,10H,3-6H2,1-2H3. The Kier molecular flexibility index (Phi) is 3.09. The zero-order chi connectivity index (χ0) is 9.19. The lowest BCUT2D eigenvalue weighted by Gasteiger charge is -2.43. The van der Waals surface area contributed by atoms with E-state index in [1.165, 1.54) is 0 Å². The first-order valence-electron chi connectivity index (χ1n) is 4.52. The Bertz CT molecular complexity index is 135. The minimum Gasteiger partial charge on any atom is -0.393 e. The lowest BCUT2D eigenvalue weighted by atomic mass is 9.76. The summed E-state index contributed by atoms with van der Waals surface area (Å²) in [7, 11) is 0. The molecule has 1 saturated heterocycles. The van der Waals surface area contributed by atoms with E-state index in [-0.39, 0.29) is 5.41 Å². The highest BCUT2D eigenvalue weighted by atomic mass is 16.5. The third-order valence-electron chi connectivity index (χ3n) is 2.72. The van der Waals surface area contributed by atoms with Crippen molar-refractivity contribution in [1.82, 2.24) is 0 Å². The van der Waals surface area contributed by atoms with E-state index in [9.17, 15) is 5.11 Å². The number of aliphatic hydroxyl groups is 1. The predicted molar refractivity (Wildman–Crippen MR) is 44.3 cm³/mol. The Labute approximate surface area is 73.4 Å². The highest BCUT2D eigenvalue weighted by Gasteiger charge is 2.44. The van der Waals surface area contributed by atoms with Gasteiger partial charge in [-0.3, -0.25) is 0 Å². The van der Waals surface area contributed by atoms with E-state index < -0.39 is 12.2 Å². The summed E-state index contributed by atoms with van der Waals surface area (Å²) < 4.78 is 5.05. The van der Waals surface area contributed by atoms with Crippen molar-refractivity contribution in [2.75, 3.05) is 13.2 Å². The number of rotatable bonds is 4. The Morgan fingerprint density at radius 3 is 2.42 bits per heavy atom. The maximum absolute atomic E-state index is 11.6. The molecule has 1 N–H and O–H groups in total. The molecule has 0 amide bonds. The summed E-state index contributed by atoms with van der Waals surface area (Å²) in [6, 6.07) is 0. The third kappa shape index (κ3) is 1.79. The van der Waals surface area contributed by atoms with Gasteiger partial charge in [-0.1, -0.05) is 6.92 Å². The molecule has 3 heteroatoms. The quantitative estimate of drug-likeness (QED) is 0.689. The van der Waals surface area contributed by atoms with Crippen LogP contribution in [-0.2, 0) is 9.84 Å². The Hall–Kier alpha value is -0.120. The molecule has 71 valence electrons. The van der Waals surface area contributed by atoms with Crippen LogP contribution in [0.15, 0.2) is 0 Å². The van der Waals surface area contributed by atoms with E-state index in [0.29, 0.717) is 19.6 Å². The molecule has 0 aromatic rings. The minimum absolute atomic E-state index is 0.184. The van der Waals surface area contributed by atoms with Crippen molar-refractivity contribution in [2.45, 2.75) is 38.9 Å². The molecule has 0 aliphatic carbocycles. The van der Waals surface area contributed by atoms with Crippen LogP contribution in [0.25, 0.3) is 0 Å². The highest BCUT2D eigenvalue weighted by Crippen LogP contribution is 2.37. The van der Waals surface area contributed by atoms with Crippen molar-refractivity contribution in [3.63, 3.8) is 0 Å². The summed E-state index contributed by atoms with van der Waals surface area (Å²) in [6.07, 6.45) is 0.0400. The van der Waals surface area contributed by atoms with E-state index in [1.807, 2.05) is 6.92 Å². The van der Waals surface area contributed by atoms with Crippen LogP contribution in [0, 0.1) is 5.41 Å². The topological polar surface area (TPSA) is 49.4 Å².